The Kier molecular flexibility index (Phi) is 11.8. The first-order valence-corrected chi connectivity index (χ1v) is 21.5. The molecule has 3 aromatic rings. The van der Waals surface area contributed by atoms with Crippen LogP contribution in [-0.4, -0.2) is 88.3 Å². The lowest BCUT2D eigenvalue weighted by molar-refractivity contribution is -0.308. The largest absolute Gasteiger partial charge is 0.452 e. The summed E-state index contributed by atoms with van der Waals surface area (Å²) in [5.41, 5.74) is -0.530. The molecule has 5 fully saturated rings. The lowest BCUT2D eigenvalue weighted by Gasteiger charge is -2.64. The summed E-state index contributed by atoms with van der Waals surface area (Å²) in [5.74, 6) is -1.42. The molecule has 1 unspecified atom stereocenters. The zero-order valence-electron chi connectivity index (χ0n) is 34.2. The first-order chi connectivity index (χ1) is 28.4. The van der Waals surface area contributed by atoms with Crippen molar-refractivity contribution in [2.75, 3.05) is 6.61 Å². The van der Waals surface area contributed by atoms with E-state index in [0.29, 0.717) is 36.7 Å². The number of aliphatic hydroxyl groups excluding tert-OH is 2. The maximum absolute atomic E-state index is 13.8. The Balaban J connectivity index is 1.05. The van der Waals surface area contributed by atoms with Crippen LogP contribution in [0.2, 0.25) is 0 Å². The van der Waals surface area contributed by atoms with Crippen LogP contribution in [0.5, 0.6) is 0 Å². The fraction of sp³-hybridized carbons (Fsp3) is 0.562. The van der Waals surface area contributed by atoms with E-state index in [1.54, 1.807) is 97.9 Å². The van der Waals surface area contributed by atoms with Crippen LogP contribution >= 0.6 is 0 Å². The molecule has 1 aliphatic heterocycles. The smallest absolute Gasteiger partial charge is 0.338 e. The summed E-state index contributed by atoms with van der Waals surface area (Å²) in [7, 11) is 0. The summed E-state index contributed by atoms with van der Waals surface area (Å²) in [4.78, 5) is 41.1. The van der Waals surface area contributed by atoms with E-state index >= 15 is 0 Å². The molecule has 0 amide bonds. The van der Waals surface area contributed by atoms with E-state index in [0.717, 1.165) is 38.5 Å². The van der Waals surface area contributed by atoms with E-state index in [1.807, 2.05) is 0 Å². The molecular formula is C48H58O11. The molecule has 0 bridgehead atoms. The summed E-state index contributed by atoms with van der Waals surface area (Å²) in [6.07, 6.45) is 0.308. The molecular weight excluding hydrogens is 753 g/mol. The first kappa shape index (κ1) is 41.6. The summed E-state index contributed by atoms with van der Waals surface area (Å²) >= 11 is 0. The molecule has 1 saturated heterocycles. The highest BCUT2D eigenvalue weighted by molar-refractivity contribution is 5.91. The second-order valence-electron chi connectivity index (χ2n) is 18.2. The van der Waals surface area contributed by atoms with Gasteiger partial charge in [-0.15, -0.1) is 0 Å². The number of hydrogen-bond acceptors (Lipinski definition) is 11. The van der Waals surface area contributed by atoms with Crippen molar-refractivity contribution in [2.45, 2.75) is 127 Å². The molecule has 1 heterocycles. The Morgan fingerprint density at radius 1 is 0.695 bits per heavy atom. The topological polar surface area (TPSA) is 158 Å². The van der Waals surface area contributed by atoms with Crippen LogP contribution in [0.4, 0.5) is 0 Å². The number of aliphatic hydroxyl groups is 3. The van der Waals surface area contributed by atoms with Gasteiger partial charge in [-0.05, 0) is 130 Å². The Labute approximate surface area is 346 Å². The molecule has 0 radical (unpaired) electrons. The van der Waals surface area contributed by atoms with Crippen molar-refractivity contribution in [1.82, 2.24) is 0 Å². The second-order valence-corrected chi connectivity index (χ2v) is 18.2. The highest BCUT2D eigenvalue weighted by Crippen LogP contribution is 2.69. The molecule has 14 atom stereocenters. The van der Waals surface area contributed by atoms with E-state index < -0.39 is 65.7 Å². The zero-order chi connectivity index (χ0) is 41.5. The molecule has 11 heteroatoms. The maximum atomic E-state index is 13.8. The Morgan fingerprint density at radius 3 is 1.80 bits per heavy atom. The quantitative estimate of drug-likeness (QED) is 0.111. The van der Waals surface area contributed by atoms with Crippen molar-refractivity contribution < 1.29 is 53.4 Å². The van der Waals surface area contributed by atoms with Crippen molar-refractivity contribution in [1.29, 1.82) is 0 Å². The standard InChI is InChI=1S/C48H58O11/c1-29-39(57-42(51)30-13-7-4-8-14-30)40(58-43(52)31-15-9-5-10-16-31)41(59-44(53)32-17-11-6-12-18-32)45(55-29)56-34-21-24-46(2)33(27-34)19-20-36-35(46)22-25-47(3)37(38(50)28-49)23-26-48(36,47)54/h4-18,29,33-41,45,49-50,54H,19-28H2,1-3H3/t29-,33+,34-,35-,36+,37+,38?,39-,40+,41+,45+,46-,47+,48-/m0/s1. The minimum absolute atomic E-state index is 0.0438. The lowest BCUT2D eigenvalue weighted by Crippen LogP contribution is -2.63. The van der Waals surface area contributed by atoms with Gasteiger partial charge in [0.25, 0.3) is 0 Å². The number of fused-ring (bicyclic) bond motifs is 5. The first-order valence-electron chi connectivity index (χ1n) is 21.5. The third kappa shape index (κ3) is 7.63. The van der Waals surface area contributed by atoms with E-state index in [4.69, 9.17) is 23.7 Å². The minimum Gasteiger partial charge on any atom is -0.452 e. The monoisotopic (exact) mass is 810 g/mol. The van der Waals surface area contributed by atoms with Gasteiger partial charge in [-0.25, -0.2) is 14.4 Å². The molecule has 3 aromatic carbocycles. The maximum Gasteiger partial charge on any atom is 0.338 e. The normalized spacial score (nSPS) is 38.1. The molecule has 11 nitrogen and oxygen atoms in total. The van der Waals surface area contributed by atoms with Crippen LogP contribution in [0.1, 0.15) is 110 Å². The molecule has 59 heavy (non-hydrogen) atoms. The van der Waals surface area contributed by atoms with Gasteiger partial charge < -0.3 is 39.0 Å². The molecule has 4 saturated carbocycles. The minimum atomic E-state index is -1.31. The Hall–Kier alpha value is -4.13. The van der Waals surface area contributed by atoms with Crippen molar-refractivity contribution in [2.24, 2.45) is 34.5 Å². The van der Waals surface area contributed by atoms with Gasteiger partial charge in [0.05, 0.1) is 47.2 Å². The highest BCUT2D eigenvalue weighted by Gasteiger charge is 2.68. The van der Waals surface area contributed by atoms with Gasteiger partial charge in [0.2, 0.25) is 0 Å². The number of hydrogen-bond donors (Lipinski definition) is 3. The van der Waals surface area contributed by atoms with Crippen LogP contribution < -0.4 is 0 Å². The summed E-state index contributed by atoms with van der Waals surface area (Å²) < 4.78 is 31.9. The van der Waals surface area contributed by atoms with E-state index in [2.05, 4.69) is 13.8 Å². The molecule has 5 aliphatic rings. The van der Waals surface area contributed by atoms with Crippen LogP contribution in [0, 0.1) is 34.5 Å². The predicted molar refractivity (Wildman–Crippen MR) is 216 cm³/mol. The van der Waals surface area contributed by atoms with Crippen molar-refractivity contribution in [3.63, 3.8) is 0 Å². The SMILES string of the molecule is C[C@@H]1O[C@H](O[C@H]2CC[C@@]3(C)[C@H](CC[C@@H]4[C@@H]3CC[C@]3(C)[C@@H](C(O)CO)CC[C@]43O)C2)[C@H](OC(=O)c2ccccc2)[C@H](OC(=O)c2ccccc2)[C@H]1OC(=O)c1ccccc1. The lowest BCUT2D eigenvalue weighted by atomic mass is 9.43. The van der Waals surface area contributed by atoms with Gasteiger partial charge in [-0.1, -0.05) is 68.4 Å². The number of ether oxygens (including phenoxy) is 5. The number of benzene rings is 3. The molecule has 0 aromatic heterocycles. The summed E-state index contributed by atoms with van der Waals surface area (Å²) in [6, 6.07) is 25.5. The number of carbonyl (C=O) groups excluding carboxylic acids is 3. The van der Waals surface area contributed by atoms with Gasteiger partial charge in [0.15, 0.2) is 24.6 Å². The number of carbonyl (C=O) groups is 3. The molecule has 316 valence electrons. The Bertz CT molecular complexity index is 1940. The van der Waals surface area contributed by atoms with Gasteiger partial charge in [0.1, 0.15) is 0 Å². The molecule has 0 spiro atoms. The van der Waals surface area contributed by atoms with E-state index in [9.17, 15) is 29.7 Å². The fourth-order valence-electron chi connectivity index (χ4n) is 12.1. The average molecular weight is 811 g/mol. The molecule has 3 N–H and O–H groups in total. The van der Waals surface area contributed by atoms with Crippen LogP contribution in [0.15, 0.2) is 91.0 Å². The summed E-state index contributed by atoms with van der Waals surface area (Å²) in [5, 5.41) is 33.1. The Morgan fingerprint density at radius 2 is 1.24 bits per heavy atom. The van der Waals surface area contributed by atoms with Crippen LogP contribution in [0.3, 0.4) is 0 Å². The van der Waals surface area contributed by atoms with E-state index in [-0.39, 0.29) is 41.1 Å². The summed E-state index contributed by atoms with van der Waals surface area (Å²) in [6.45, 7) is 5.94. The van der Waals surface area contributed by atoms with Gasteiger partial charge in [-0.2, -0.15) is 0 Å². The fourth-order valence-corrected chi connectivity index (χ4v) is 12.1. The third-order valence-electron chi connectivity index (χ3n) is 15.3. The number of esters is 3. The average Bonchev–Trinajstić information content (AvgIpc) is 3.54. The second kappa shape index (κ2) is 16.7. The van der Waals surface area contributed by atoms with Crippen molar-refractivity contribution in [3.05, 3.63) is 108 Å². The van der Waals surface area contributed by atoms with Crippen molar-refractivity contribution in [3.8, 4) is 0 Å². The van der Waals surface area contributed by atoms with Gasteiger partial charge >= 0.3 is 17.9 Å². The highest BCUT2D eigenvalue weighted by atomic mass is 16.7. The van der Waals surface area contributed by atoms with E-state index in [1.165, 1.54) is 0 Å². The molecule has 4 aliphatic carbocycles. The van der Waals surface area contributed by atoms with Gasteiger partial charge in [-0.3, -0.25) is 0 Å². The van der Waals surface area contributed by atoms with Crippen molar-refractivity contribution >= 4 is 17.9 Å². The zero-order valence-corrected chi connectivity index (χ0v) is 34.2. The predicted octanol–water partition coefficient (Wildman–Crippen LogP) is 6.92. The molecule has 8 rings (SSSR count). The third-order valence-corrected chi connectivity index (χ3v) is 15.3. The van der Waals surface area contributed by atoms with Gasteiger partial charge in [0, 0.05) is 5.41 Å². The van der Waals surface area contributed by atoms with Crippen LogP contribution in [0.25, 0.3) is 0 Å². The van der Waals surface area contributed by atoms with Crippen LogP contribution in [-0.2, 0) is 23.7 Å². The number of rotatable bonds is 10.